The van der Waals surface area contributed by atoms with E-state index in [0.29, 0.717) is 35.6 Å². The fourth-order valence-electron chi connectivity index (χ4n) is 2.91. The number of hydrogen-bond donors (Lipinski definition) is 1. The van der Waals surface area contributed by atoms with Crippen LogP contribution in [0.3, 0.4) is 0 Å². The van der Waals surface area contributed by atoms with Crippen molar-refractivity contribution in [1.29, 1.82) is 0 Å². The van der Waals surface area contributed by atoms with Crippen molar-refractivity contribution in [1.82, 2.24) is 20.2 Å². The number of nitrogens with one attached hydrogen (secondary N) is 1. The molecule has 0 fully saturated rings. The zero-order chi connectivity index (χ0) is 22.2. The highest BCUT2D eigenvalue weighted by Gasteiger charge is 2.16. The Balaban J connectivity index is 1.75. The van der Waals surface area contributed by atoms with Crippen LogP contribution in [0.25, 0.3) is 0 Å². The number of unbranched alkanes of at least 4 members (excludes halogenated alkanes) is 1. The third kappa shape index (κ3) is 5.98. The van der Waals surface area contributed by atoms with E-state index >= 15 is 0 Å². The standard InChI is InChI=1S/C21H24Cl2FN5O2/c1-3-5-9-29-21(26-27-28-29)25-12-14-10-17(23)20(19(11-14)30-4-2)31-13-15-16(22)7-6-8-18(15)24/h6-8,10-11H,3-5,9,12-13H2,1-2H3,(H,25,26,28). The minimum absolute atomic E-state index is 0.0743. The molecule has 3 aromatic rings. The van der Waals surface area contributed by atoms with Gasteiger partial charge in [0.15, 0.2) is 11.5 Å². The van der Waals surface area contributed by atoms with Crippen molar-refractivity contribution in [3.63, 3.8) is 0 Å². The average molecular weight is 468 g/mol. The predicted octanol–water partition coefficient (Wildman–Crippen LogP) is 5.51. The van der Waals surface area contributed by atoms with Gasteiger partial charge < -0.3 is 14.8 Å². The van der Waals surface area contributed by atoms with Crippen LogP contribution in [0.2, 0.25) is 10.0 Å². The largest absolute Gasteiger partial charge is 0.490 e. The van der Waals surface area contributed by atoms with Crippen molar-refractivity contribution in [2.75, 3.05) is 11.9 Å². The molecule has 31 heavy (non-hydrogen) atoms. The Bertz CT molecular complexity index is 995. The number of aryl methyl sites for hydroxylation is 1. The van der Waals surface area contributed by atoms with Gasteiger partial charge in [0.2, 0.25) is 5.95 Å². The lowest BCUT2D eigenvalue weighted by atomic mass is 10.2. The normalized spacial score (nSPS) is 10.9. The maximum atomic E-state index is 14.1. The number of anilines is 1. The van der Waals surface area contributed by atoms with E-state index in [2.05, 4.69) is 27.8 Å². The van der Waals surface area contributed by atoms with Crippen molar-refractivity contribution in [2.45, 2.75) is 46.4 Å². The molecule has 1 heterocycles. The van der Waals surface area contributed by atoms with Crippen LogP contribution in [0.15, 0.2) is 30.3 Å². The number of tetrazole rings is 1. The fourth-order valence-corrected chi connectivity index (χ4v) is 3.42. The Morgan fingerprint density at radius 2 is 1.97 bits per heavy atom. The average Bonchev–Trinajstić information content (AvgIpc) is 3.19. The molecule has 1 N–H and O–H groups in total. The summed E-state index contributed by atoms with van der Waals surface area (Å²) < 4.78 is 27.3. The Morgan fingerprint density at radius 1 is 1.13 bits per heavy atom. The van der Waals surface area contributed by atoms with Crippen molar-refractivity contribution in [2.24, 2.45) is 0 Å². The first-order chi connectivity index (χ1) is 15.0. The Kier molecular flexibility index (Phi) is 8.31. The monoisotopic (exact) mass is 467 g/mol. The third-order valence-electron chi connectivity index (χ3n) is 4.50. The lowest BCUT2D eigenvalue weighted by molar-refractivity contribution is 0.266. The molecule has 0 bridgehead atoms. The molecule has 0 amide bonds. The van der Waals surface area contributed by atoms with E-state index < -0.39 is 5.82 Å². The van der Waals surface area contributed by atoms with E-state index in [4.69, 9.17) is 32.7 Å². The highest BCUT2D eigenvalue weighted by molar-refractivity contribution is 6.32. The van der Waals surface area contributed by atoms with Crippen LogP contribution in [-0.4, -0.2) is 26.8 Å². The number of ether oxygens (including phenoxy) is 2. The molecule has 0 saturated heterocycles. The summed E-state index contributed by atoms with van der Waals surface area (Å²) >= 11 is 12.6. The maximum absolute atomic E-state index is 14.1. The van der Waals surface area contributed by atoms with Gasteiger partial charge in [-0.1, -0.05) is 47.7 Å². The molecule has 0 spiro atoms. The van der Waals surface area contributed by atoms with Crippen LogP contribution in [0, 0.1) is 5.82 Å². The minimum Gasteiger partial charge on any atom is -0.490 e. The van der Waals surface area contributed by atoms with Crippen molar-refractivity contribution in [3.05, 3.63) is 57.3 Å². The molecule has 10 heteroatoms. The van der Waals surface area contributed by atoms with Crippen LogP contribution >= 0.6 is 23.2 Å². The molecule has 0 atom stereocenters. The topological polar surface area (TPSA) is 74.1 Å². The molecule has 0 aliphatic heterocycles. The second-order valence-electron chi connectivity index (χ2n) is 6.76. The van der Waals surface area contributed by atoms with Gasteiger partial charge >= 0.3 is 0 Å². The Morgan fingerprint density at radius 3 is 2.71 bits per heavy atom. The first-order valence-electron chi connectivity index (χ1n) is 10.0. The Hall–Kier alpha value is -2.58. The van der Waals surface area contributed by atoms with Crippen LogP contribution < -0.4 is 14.8 Å². The molecule has 0 radical (unpaired) electrons. The van der Waals surface area contributed by atoms with E-state index in [0.717, 1.165) is 24.9 Å². The summed E-state index contributed by atoms with van der Waals surface area (Å²) in [5, 5.41) is 15.6. The summed E-state index contributed by atoms with van der Waals surface area (Å²) in [6.45, 7) is 5.49. The number of nitrogens with zero attached hydrogens (tertiary/aromatic N) is 4. The van der Waals surface area contributed by atoms with Gasteiger partial charge in [0, 0.05) is 18.7 Å². The quantitative estimate of drug-likeness (QED) is 0.400. The number of aromatic nitrogens is 4. The zero-order valence-corrected chi connectivity index (χ0v) is 18.9. The number of hydrogen-bond acceptors (Lipinski definition) is 6. The van der Waals surface area contributed by atoms with E-state index in [1.165, 1.54) is 6.07 Å². The number of halogens is 3. The maximum Gasteiger partial charge on any atom is 0.243 e. The summed E-state index contributed by atoms with van der Waals surface area (Å²) in [4.78, 5) is 0. The summed E-state index contributed by atoms with van der Waals surface area (Å²) in [5.41, 5.74) is 1.11. The number of rotatable bonds is 11. The summed E-state index contributed by atoms with van der Waals surface area (Å²) in [6, 6.07) is 8.06. The lowest BCUT2D eigenvalue weighted by Crippen LogP contribution is -2.09. The van der Waals surface area contributed by atoms with Gasteiger partial charge in [0.05, 0.1) is 16.7 Å². The van der Waals surface area contributed by atoms with Crippen LogP contribution in [0.5, 0.6) is 11.5 Å². The van der Waals surface area contributed by atoms with Gasteiger partial charge in [0.1, 0.15) is 12.4 Å². The molecular weight excluding hydrogens is 444 g/mol. The van der Waals surface area contributed by atoms with Gasteiger partial charge in [-0.15, -0.1) is 0 Å². The molecular formula is C21H24Cl2FN5O2. The second-order valence-corrected chi connectivity index (χ2v) is 7.57. The van der Waals surface area contributed by atoms with Gasteiger partial charge in [-0.25, -0.2) is 9.07 Å². The highest BCUT2D eigenvalue weighted by atomic mass is 35.5. The molecule has 1 aromatic heterocycles. The first kappa shape index (κ1) is 23.1. The van der Waals surface area contributed by atoms with Gasteiger partial charge in [-0.3, -0.25) is 0 Å². The van der Waals surface area contributed by atoms with E-state index in [1.54, 1.807) is 22.9 Å². The van der Waals surface area contributed by atoms with Crippen LogP contribution in [0.4, 0.5) is 10.3 Å². The lowest BCUT2D eigenvalue weighted by Gasteiger charge is -2.16. The molecule has 0 aliphatic carbocycles. The third-order valence-corrected chi connectivity index (χ3v) is 5.13. The van der Waals surface area contributed by atoms with Crippen molar-refractivity contribution < 1.29 is 13.9 Å². The zero-order valence-electron chi connectivity index (χ0n) is 17.4. The predicted molar refractivity (Wildman–Crippen MR) is 118 cm³/mol. The van der Waals surface area contributed by atoms with Gasteiger partial charge in [-0.05, 0) is 53.6 Å². The first-order valence-corrected chi connectivity index (χ1v) is 10.8. The highest BCUT2D eigenvalue weighted by Crippen LogP contribution is 2.38. The van der Waals surface area contributed by atoms with E-state index in [1.807, 2.05) is 13.0 Å². The molecule has 0 unspecified atom stereocenters. The molecule has 2 aromatic carbocycles. The van der Waals surface area contributed by atoms with Crippen molar-refractivity contribution >= 4 is 29.2 Å². The number of benzene rings is 2. The molecule has 166 valence electrons. The van der Waals surface area contributed by atoms with E-state index in [-0.39, 0.29) is 17.2 Å². The van der Waals surface area contributed by atoms with Crippen LogP contribution in [-0.2, 0) is 19.7 Å². The summed E-state index contributed by atoms with van der Waals surface area (Å²) in [7, 11) is 0. The minimum atomic E-state index is -0.441. The molecule has 7 nitrogen and oxygen atoms in total. The van der Waals surface area contributed by atoms with Crippen LogP contribution in [0.1, 0.15) is 37.8 Å². The summed E-state index contributed by atoms with van der Waals surface area (Å²) in [5.74, 6) is 0.935. The van der Waals surface area contributed by atoms with E-state index in [9.17, 15) is 4.39 Å². The van der Waals surface area contributed by atoms with Gasteiger partial charge in [0.25, 0.3) is 0 Å². The summed E-state index contributed by atoms with van der Waals surface area (Å²) in [6.07, 6.45) is 2.03. The SMILES string of the molecule is CCCCn1nnnc1NCc1cc(Cl)c(OCc2c(F)cccc2Cl)c(OCC)c1. The molecule has 0 aliphatic rings. The smallest absolute Gasteiger partial charge is 0.243 e. The van der Waals surface area contributed by atoms with Gasteiger partial charge in [-0.2, -0.15) is 0 Å². The van der Waals surface area contributed by atoms with Crippen molar-refractivity contribution in [3.8, 4) is 11.5 Å². The molecule has 0 saturated carbocycles. The fraction of sp³-hybridized carbons (Fsp3) is 0.381. The second kappa shape index (κ2) is 11.2. The molecule has 3 rings (SSSR count). The Labute approximate surface area is 190 Å².